The number of rotatable bonds is 1. The molecule has 0 radical (unpaired) electrons. The predicted molar refractivity (Wildman–Crippen MR) is 48.3 cm³/mol. The maximum absolute atomic E-state index is 11.4. The number of carbonyl (C=O) groups is 3. The van der Waals surface area contributed by atoms with Crippen LogP contribution in [-0.4, -0.2) is 17.3 Å². The minimum absolute atomic E-state index is 0. The fourth-order valence-electron chi connectivity index (χ4n) is 1.84. The van der Waals surface area contributed by atoms with Gasteiger partial charge in [0.05, 0.1) is 0 Å². The second-order valence-corrected chi connectivity index (χ2v) is 4.49. The third-order valence-electron chi connectivity index (χ3n) is 2.36. The zero-order valence-corrected chi connectivity index (χ0v) is 11.2. The molecule has 1 saturated carbocycles. The molecular formula is C10H15NaO3. The van der Waals surface area contributed by atoms with Crippen molar-refractivity contribution in [1.82, 2.24) is 0 Å². The van der Waals surface area contributed by atoms with Crippen molar-refractivity contribution in [3.8, 4) is 0 Å². The molecule has 0 atom stereocenters. The number of Topliss-reactive ketones (excluding diaryl/α,β-unsaturated/α-hetero) is 3. The van der Waals surface area contributed by atoms with Crippen molar-refractivity contribution in [2.75, 3.05) is 0 Å². The van der Waals surface area contributed by atoms with Gasteiger partial charge in [0.1, 0.15) is 11.7 Å². The molecule has 14 heavy (non-hydrogen) atoms. The van der Waals surface area contributed by atoms with Gasteiger partial charge in [0.15, 0.2) is 11.6 Å². The first kappa shape index (κ1) is 14.0. The predicted octanol–water partition coefficient (Wildman–Crippen LogP) is -1.73. The maximum Gasteiger partial charge on any atom is 1.00 e. The van der Waals surface area contributed by atoms with Gasteiger partial charge in [0.2, 0.25) is 0 Å². The zero-order valence-electron chi connectivity index (χ0n) is 10.2. The van der Waals surface area contributed by atoms with Gasteiger partial charge >= 0.3 is 29.6 Å². The third kappa shape index (κ3) is 3.01. The second kappa shape index (κ2) is 4.69. The summed E-state index contributed by atoms with van der Waals surface area (Å²) in [7, 11) is 0. The van der Waals surface area contributed by atoms with Crippen LogP contribution < -0.4 is 29.6 Å². The Hall–Kier alpha value is 0.0100. The molecular weight excluding hydrogens is 191 g/mol. The van der Waals surface area contributed by atoms with Crippen molar-refractivity contribution in [2.24, 2.45) is 11.3 Å². The van der Waals surface area contributed by atoms with Crippen LogP contribution in [0.4, 0.5) is 0 Å². The fraction of sp³-hybridized carbons (Fsp3) is 0.700. The Balaban J connectivity index is 0. The Morgan fingerprint density at radius 3 is 1.93 bits per heavy atom. The molecule has 0 saturated heterocycles. The van der Waals surface area contributed by atoms with Gasteiger partial charge < -0.3 is 1.43 Å². The summed E-state index contributed by atoms with van der Waals surface area (Å²) in [4.78, 5) is 33.8. The first-order valence-electron chi connectivity index (χ1n) is 4.39. The van der Waals surface area contributed by atoms with Gasteiger partial charge in [-0.3, -0.25) is 14.4 Å². The smallest absolute Gasteiger partial charge is 1.00 e. The maximum atomic E-state index is 11.4. The third-order valence-corrected chi connectivity index (χ3v) is 2.36. The van der Waals surface area contributed by atoms with Crippen LogP contribution in [0.25, 0.3) is 0 Å². The zero-order chi connectivity index (χ0) is 10.2. The van der Waals surface area contributed by atoms with E-state index in [1.807, 2.05) is 13.8 Å². The Labute approximate surface area is 107 Å². The average Bonchev–Trinajstić information content (AvgIpc) is 1.78. The molecule has 3 nitrogen and oxygen atoms in total. The van der Waals surface area contributed by atoms with E-state index in [0.717, 1.165) is 0 Å². The van der Waals surface area contributed by atoms with Crippen LogP contribution in [0.1, 0.15) is 35.0 Å². The van der Waals surface area contributed by atoms with Gasteiger partial charge in [-0.25, -0.2) is 0 Å². The normalized spacial score (nSPS) is 21.6. The summed E-state index contributed by atoms with van der Waals surface area (Å²) in [5, 5.41) is 0. The van der Waals surface area contributed by atoms with E-state index in [1.165, 1.54) is 6.92 Å². The molecule has 0 aromatic rings. The Kier molecular flexibility index (Phi) is 4.69. The molecule has 0 aromatic carbocycles. The fourth-order valence-corrected chi connectivity index (χ4v) is 1.84. The van der Waals surface area contributed by atoms with E-state index < -0.39 is 5.92 Å². The largest absolute Gasteiger partial charge is 1.00 e. The molecule has 4 heteroatoms. The summed E-state index contributed by atoms with van der Waals surface area (Å²) in [6.07, 6.45) is 0.673. The van der Waals surface area contributed by atoms with Crippen molar-refractivity contribution in [2.45, 2.75) is 33.6 Å². The van der Waals surface area contributed by atoms with Gasteiger partial charge in [-0.2, -0.15) is 0 Å². The number of ketones is 3. The molecule has 74 valence electrons. The molecule has 0 aromatic heterocycles. The Morgan fingerprint density at radius 1 is 1.29 bits per heavy atom. The second-order valence-electron chi connectivity index (χ2n) is 4.49. The minimum atomic E-state index is -0.965. The van der Waals surface area contributed by atoms with E-state index in [0.29, 0.717) is 12.8 Å². The quantitative estimate of drug-likeness (QED) is 0.378. The van der Waals surface area contributed by atoms with Crippen LogP contribution in [0.15, 0.2) is 0 Å². The van der Waals surface area contributed by atoms with Crippen LogP contribution in [0.2, 0.25) is 0 Å². The molecule has 0 heterocycles. The minimum Gasteiger partial charge on any atom is -1.00 e. The van der Waals surface area contributed by atoms with E-state index in [4.69, 9.17) is 0 Å². The molecule has 1 aliphatic carbocycles. The molecule has 0 aliphatic heterocycles. The van der Waals surface area contributed by atoms with Gasteiger partial charge in [-0.1, -0.05) is 13.8 Å². The number of hydrogen-bond acceptors (Lipinski definition) is 3. The summed E-state index contributed by atoms with van der Waals surface area (Å²) in [5.41, 5.74) is -0.264. The Bertz CT molecular complexity index is 266. The van der Waals surface area contributed by atoms with Crippen LogP contribution >= 0.6 is 0 Å². The standard InChI is InChI=1S/C10H14O3.Na.H/c1-6(11)9-7(12)4-10(2,3)5-8(9)13;;/h9H,4-5H2,1-3H3;;/q;+1;-1. The van der Waals surface area contributed by atoms with Crippen LogP contribution in [-0.2, 0) is 14.4 Å². The summed E-state index contributed by atoms with van der Waals surface area (Å²) >= 11 is 0. The van der Waals surface area contributed by atoms with E-state index in [2.05, 4.69) is 0 Å². The molecule has 0 bridgehead atoms. The SMILES string of the molecule is CC(=O)C1C(=O)CC(C)(C)CC1=O.[H-].[Na+]. The van der Waals surface area contributed by atoms with Gasteiger partial charge in [-0.15, -0.1) is 0 Å². The van der Waals surface area contributed by atoms with E-state index in [9.17, 15) is 14.4 Å². The molecule has 1 rings (SSSR count). The van der Waals surface area contributed by atoms with Crippen molar-refractivity contribution < 1.29 is 45.4 Å². The average molecular weight is 206 g/mol. The van der Waals surface area contributed by atoms with Crippen molar-refractivity contribution in [3.63, 3.8) is 0 Å². The molecule has 1 aliphatic rings. The topological polar surface area (TPSA) is 51.2 Å². The van der Waals surface area contributed by atoms with E-state index >= 15 is 0 Å². The van der Waals surface area contributed by atoms with Crippen LogP contribution in [0.3, 0.4) is 0 Å². The molecule has 1 fully saturated rings. The first-order chi connectivity index (χ1) is 5.83. The van der Waals surface area contributed by atoms with Crippen LogP contribution in [0, 0.1) is 11.3 Å². The van der Waals surface area contributed by atoms with E-state index in [1.54, 1.807) is 0 Å². The molecule has 0 N–H and O–H groups in total. The molecule has 0 unspecified atom stereocenters. The molecule has 0 amide bonds. The van der Waals surface area contributed by atoms with E-state index in [-0.39, 0.29) is 53.7 Å². The summed E-state index contributed by atoms with van der Waals surface area (Å²) in [5.74, 6) is -1.71. The van der Waals surface area contributed by atoms with Crippen molar-refractivity contribution in [1.29, 1.82) is 0 Å². The monoisotopic (exact) mass is 206 g/mol. The van der Waals surface area contributed by atoms with Crippen LogP contribution in [0.5, 0.6) is 0 Å². The Morgan fingerprint density at radius 2 is 1.64 bits per heavy atom. The number of carbonyl (C=O) groups excluding carboxylic acids is 3. The summed E-state index contributed by atoms with van der Waals surface area (Å²) in [6, 6.07) is 0. The first-order valence-corrected chi connectivity index (χ1v) is 4.39. The van der Waals surface area contributed by atoms with Gasteiger partial charge in [0, 0.05) is 12.8 Å². The molecule has 0 spiro atoms. The summed E-state index contributed by atoms with van der Waals surface area (Å²) < 4.78 is 0. The summed E-state index contributed by atoms with van der Waals surface area (Å²) in [6.45, 7) is 5.05. The van der Waals surface area contributed by atoms with Crippen molar-refractivity contribution >= 4 is 17.3 Å². The van der Waals surface area contributed by atoms with Gasteiger partial charge in [0.25, 0.3) is 0 Å². The number of hydrogen-bond donors (Lipinski definition) is 0. The van der Waals surface area contributed by atoms with Gasteiger partial charge in [-0.05, 0) is 12.3 Å². The van der Waals surface area contributed by atoms with Crippen molar-refractivity contribution in [3.05, 3.63) is 0 Å².